The SMILES string of the molecule is CC(=O)OC[C@@H]1[C@@H](c2ccc([C@H]3[C@H](CO)C3(F)F)cc2)C1(F)F. The second-order valence-electron chi connectivity index (χ2n) is 6.17. The van der Waals surface area contributed by atoms with Gasteiger partial charge in [0.15, 0.2) is 0 Å². The molecular formula is C16H16F4O3. The second kappa shape index (κ2) is 5.19. The number of hydrogen-bond acceptors (Lipinski definition) is 3. The first kappa shape index (κ1) is 16.2. The van der Waals surface area contributed by atoms with Crippen molar-refractivity contribution in [3.63, 3.8) is 0 Å². The van der Waals surface area contributed by atoms with Gasteiger partial charge in [-0.25, -0.2) is 17.6 Å². The molecule has 2 saturated carbocycles. The van der Waals surface area contributed by atoms with E-state index in [9.17, 15) is 22.4 Å². The van der Waals surface area contributed by atoms with Crippen LogP contribution >= 0.6 is 0 Å². The quantitative estimate of drug-likeness (QED) is 0.666. The largest absolute Gasteiger partial charge is 0.465 e. The molecule has 126 valence electrons. The van der Waals surface area contributed by atoms with E-state index >= 15 is 0 Å². The average Bonchev–Trinajstić information content (AvgIpc) is 3.24. The lowest BCUT2D eigenvalue weighted by Crippen LogP contribution is -2.06. The molecule has 3 rings (SSSR count). The maximum Gasteiger partial charge on any atom is 0.302 e. The smallest absolute Gasteiger partial charge is 0.302 e. The summed E-state index contributed by atoms with van der Waals surface area (Å²) in [6, 6.07) is 5.62. The van der Waals surface area contributed by atoms with Gasteiger partial charge in [0.2, 0.25) is 0 Å². The molecule has 7 heteroatoms. The van der Waals surface area contributed by atoms with Crippen molar-refractivity contribution in [2.24, 2.45) is 11.8 Å². The number of halogens is 4. The summed E-state index contributed by atoms with van der Waals surface area (Å²) in [5.74, 6) is -10.8. The Kier molecular flexibility index (Phi) is 3.66. The lowest BCUT2D eigenvalue weighted by molar-refractivity contribution is -0.142. The molecule has 2 aliphatic rings. The predicted molar refractivity (Wildman–Crippen MR) is 72.5 cm³/mol. The van der Waals surface area contributed by atoms with E-state index in [1.165, 1.54) is 24.3 Å². The fourth-order valence-corrected chi connectivity index (χ4v) is 3.24. The first-order valence-corrected chi connectivity index (χ1v) is 7.31. The van der Waals surface area contributed by atoms with E-state index in [1.54, 1.807) is 0 Å². The van der Waals surface area contributed by atoms with Gasteiger partial charge in [0, 0.05) is 6.92 Å². The van der Waals surface area contributed by atoms with Crippen LogP contribution in [0, 0.1) is 11.8 Å². The summed E-state index contributed by atoms with van der Waals surface area (Å²) in [6.07, 6.45) is 0. The van der Waals surface area contributed by atoms with Crippen LogP contribution in [0.2, 0.25) is 0 Å². The van der Waals surface area contributed by atoms with Gasteiger partial charge in [-0.05, 0) is 11.1 Å². The predicted octanol–water partition coefficient (Wildman–Crippen LogP) is 2.94. The Bertz CT molecular complexity index is 614. The molecule has 1 aromatic carbocycles. The van der Waals surface area contributed by atoms with Crippen LogP contribution in [-0.2, 0) is 9.53 Å². The molecule has 0 aliphatic heterocycles. The van der Waals surface area contributed by atoms with E-state index in [4.69, 9.17) is 5.11 Å². The van der Waals surface area contributed by atoms with Gasteiger partial charge in [-0.2, -0.15) is 0 Å². The first-order valence-electron chi connectivity index (χ1n) is 7.31. The molecule has 2 aliphatic carbocycles. The molecule has 3 nitrogen and oxygen atoms in total. The number of alkyl halides is 4. The van der Waals surface area contributed by atoms with Crippen molar-refractivity contribution < 1.29 is 32.2 Å². The number of esters is 1. The van der Waals surface area contributed by atoms with Crippen molar-refractivity contribution in [2.45, 2.75) is 30.6 Å². The van der Waals surface area contributed by atoms with Crippen LogP contribution in [0.1, 0.15) is 29.9 Å². The van der Waals surface area contributed by atoms with Crippen molar-refractivity contribution in [2.75, 3.05) is 13.2 Å². The zero-order chi connectivity index (χ0) is 17.0. The van der Waals surface area contributed by atoms with E-state index in [2.05, 4.69) is 4.74 Å². The van der Waals surface area contributed by atoms with Crippen molar-refractivity contribution in [1.29, 1.82) is 0 Å². The third-order valence-corrected chi connectivity index (χ3v) is 4.72. The molecule has 0 spiro atoms. The number of carbonyl (C=O) groups excluding carboxylic acids is 1. The van der Waals surface area contributed by atoms with Gasteiger partial charge in [-0.1, -0.05) is 24.3 Å². The zero-order valence-electron chi connectivity index (χ0n) is 12.3. The normalized spacial score (nSPS) is 33.1. The average molecular weight is 332 g/mol. The van der Waals surface area contributed by atoms with Crippen LogP contribution in [0.3, 0.4) is 0 Å². The number of aliphatic hydroxyl groups is 1. The van der Waals surface area contributed by atoms with Crippen molar-refractivity contribution >= 4 is 5.97 Å². The zero-order valence-corrected chi connectivity index (χ0v) is 12.3. The molecule has 4 atom stereocenters. The van der Waals surface area contributed by atoms with E-state index in [1.807, 2.05) is 0 Å². The first-order chi connectivity index (χ1) is 10.7. The number of benzene rings is 1. The van der Waals surface area contributed by atoms with Crippen LogP contribution in [-0.4, -0.2) is 36.1 Å². The highest BCUT2D eigenvalue weighted by molar-refractivity contribution is 5.66. The number of aliphatic hydroxyl groups excluding tert-OH is 1. The number of rotatable bonds is 5. The summed E-state index contributed by atoms with van der Waals surface area (Å²) >= 11 is 0. The lowest BCUT2D eigenvalue weighted by Gasteiger charge is -2.03. The van der Waals surface area contributed by atoms with E-state index in [0.29, 0.717) is 11.1 Å². The highest BCUT2D eigenvalue weighted by Gasteiger charge is 2.70. The van der Waals surface area contributed by atoms with Crippen molar-refractivity contribution in [1.82, 2.24) is 0 Å². The molecule has 0 bridgehead atoms. The Balaban J connectivity index is 1.70. The molecule has 1 N–H and O–H groups in total. The molecule has 0 unspecified atom stereocenters. The fraction of sp³-hybridized carbons (Fsp3) is 0.562. The second-order valence-corrected chi connectivity index (χ2v) is 6.17. The van der Waals surface area contributed by atoms with Gasteiger partial charge >= 0.3 is 5.97 Å². The minimum absolute atomic E-state index is 0.332. The van der Waals surface area contributed by atoms with Gasteiger partial charge in [0.05, 0.1) is 30.3 Å². The minimum atomic E-state index is -2.96. The van der Waals surface area contributed by atoms with Crippen LogP contribution in [0.15, 0.2) is 24.3 Å². The molecule has 0 aromatic heterocycles. The lowest BCUT2D eigenvalue weighted by atomic mass is 10.0. The van der Waals surface area contributed by atoms with Gasteiger partial charge in [0.1, 0.15) is 6.61 Å². The maximum absolute atomic E-state index is 13.8. The Morgan fingerprint density at radius 2 is 1.48 bits per heavy atom. The Morgan fingerprint density at radius 3 is 1.87 bits per heavy atom. The standard InChI is InChI=1S/C16H16F4O3/c1-8(22)23-7-12-14(16(12,19)20)10-4-2-9(3-5-10)13-11(6-21)15(13,17)18/h2-5,11-14,21H,6-7H2,1H3/t11-,12+,13-,14+/m0/s1. The Morgan fingerprint density at radius 1 is 1.04 bits per heavy atom. The molecule has 0 saturated heterocycles. The van der Waals surface area contributed by atoms with E-state index < -0.39 is 48.1 Å². The highest BCUT2D eigenvalue weighted by atomic mass is 19.3. The topological polar surface area (TPSA) is 46.5 Å². The van der Waals surface area contributed by atoms with Gasteiger partial charge in [-0.15, -0.1) is 0 Å². The van der Waals surface area contributed by atoms with Crippen molar-refractivity contribution in [3.8, 4) is 0 Å². The van der Waals surface area contributed by atoms with Crippen LogP contribution in [0.5, 0.6) is 0 Å². The Hall–Kier alpha value is -1.63. The van der Waals surface area contributed by atoms with Crippen LogP contribution < -0.4 is 0 Å². The van der Waals surface area contributed by atoms with Gasteiger partial charge < -0.3 is 9.84 Å². The summed E-state index contributed by atoms with van der Waals surface area (Å²) in [5.41, 5.74) is 0.665. The third kappa shape index (κ3) is 2.60. The summed E-state index contributed by atoms with van der Waals surface area (Å²) in [4.78, 5) is 10.7. The fourth-order valence-electron chi connectivity index (χ4n) is 3.24. The summed E-state index contributed by atoms with van der Waals surface area (Å²) in [6.45, 7) is 0.185. The van der Waals surface area contributed by atoms with Gasteiger partial charge in [0.25, 0.3) is 11.8 Å². The number of carbonyl (C=O) groups is 1. The number of hydrogen-bond donors (Lipinski definition) is 1. The van der Waals surface area contributed by atoms with Crippen molar-refractivity contribution in [3.05, 3.63) is 35.4 Å². The van der Waals surface area contributed by atoms with E-state index in [0.717, 1.165) is 6.92 Å². The van der Waals surface area contributed by atoms with Crippen LogP contribution in [0.25, 0.3) is 0 Å². The van der Waals surface area contributed by atoms with Crippen LogP contribution in [0.4, 0.5) is 17.6 Å². The number of ether oxygens (including phenoxy) is 1. The van der Waals surface area contributed by atoms with E-state index in [-0.39, 0.29) is 6.61 Å². The molecule has 1 aromatic rings. The summed E-state index contributed by atoms with van der Waals surface area (Å²) < 4.78 is 59.1. The molecule has 0 heterocycles. The summed E-state index contributed by atoms with van der Waals surface area (Å²) in [5, 5.41) is 8.91. The summed E-state index contributed by atoms with van der Waals surface area (Å²) in [7, 11) is 0. The molecule has 0 radical (unpaired) electrons. The molecule has 23 heavy (non-hydrogen) atoms. The highest BCUT2D eigenvalue weighted by Crippen LogP contribution is 2.63. The third-order valence-electron chi connectivity index (χ3n) is 4.72. The molecule has 0 amide bonds. The monoisotopic (exact) mass is 332 g/mol. The minimum Gasteiger partial charge on any atom is -0.465 e. The molecule has 2 fully saturated rings. The maximum atomic E-state index is 13.8. The molecular weight excluding hydrogens is 316 g/mol. The van der Waals surface area contributed by atoms with Gasteiger partial charge in [-0.3, -0.25) is 4.79 Å². The Labute approximate surface area is 130 Å².